The van der Waals surface area contributed by atoms with Crippen molar-refractivity contribution in [2.45, 2.75) is 4.22 Å². The fraction of sp³-hybridized carbons (Fsp3) is 0.250. The summed E-state index contributed by atoms with van der Waals surface area (Å²) in [5.41, 5.74) is 0. The minimum atomic E-state index is 0.841. The topological polar surface area (TPSA) is 0 Å². The van der Waals surface area contributed by atoms with Gasteiger partial charge in [-0.15, -0.1) is 0 Å². The fourth-order valence-electron chi connectivity index (χ4n) is 0.569. The zero-order valence-electron chi connectivity index (χ0n) is 4.25. The molecule has 2 rings (SSSR count). The molecule has 0 saturated heterocycles. The molecule has 0 unspecified atom stereocenters. The molecule has 0 saturated carbocycles. The summed E-state index contributed by atoms with van der Waals surface area (Å²) in [6, 6.07) is 0. The molecule has 0 spiro atoms. The van der Waals surface area contributed by atoms with Crippen molar-refractivity contribution in [1.82, 2.24) is 0 Å². The molecule has 0 aliphatic carbocycles. The van der Waals surface area contributed by atoms with E-state index in [9.17, 15) is 0 Å². The van der Waals surface area contributed by atoms with Crippen LogP contribution in [0.15, 0.2) is 0 Å². The van der Waals surface area contributed by atoms with Crippen LogP contribution in [-0.4, -0.2) is 74.5 Å². The van der Waals surface area contributed by atoms with Crippen molar-refractivity contribution in [3.63, 3.8) is 0 Å². The van der Waals surface area contributed by atoms with Crippen LogP contribution in [-0.2, 0) is 0 Å². The number of fused-ring (bicyclic) bond motifs is 1. The van der Waals surface area contributed by atoms with Gasteiger partial charge in [-0.25, -0.2) is 0 Å². The van der Waals surface area contributed by atoms with Gasteiger partial charge in [0, 0.05) is 0 Å². The summed E-state index contributed by atoms with van der Waals surface area (Å²) < 4.78 is 7.18. The van der Waals surface area contributed by atoms with Crippen molar-refractivity contribution in [2.24, 2.45) is 0 Å². The number of rotatable bonds is 0. The average molecular weight is 445 g/mol. The molecule has 0 atom stereocenters. The van der Waals surface area contributed by atoms with Crippen LogP contribution in [0.4, 0.5) is 0 Å². The van der Waals surface area contributed by atoms with Crippen LogP contribution in [0, 0.1) is 1.81 Å². The SMILES string of the molecule is [Se]=c1[se]c2c([se]1)[Se]C[Se]2. The van der Waals surface area contributed by atoms with Crippen LogP contribution in [0.3, 0.4) is 0 Å². The molecule has 5 heteroatoms. The van der Waals surface area contributed by atoms with E-state index in [1.54, 1.807) is 6.03 Å². The molecule has 0 bridgehead atoms. The zero-order valence-corrected chi connectivity index (χ0v) is 12.8. The molecule has 1 aliphatic heterocycles. The van der Waals surface area contributed by atoms with E-state index in [2.05, 4.69) is 15.6 Å². The molecule has 0 amide bonds. The maximum atomic E-state index is 3.22. The number of hydrogen-bond acceptors (Lipinski definition) is 0. The first kappa shape index (κ1) is 7.84. The first-order valence-corrected chi connectivity index (χ1v) is 10.7. The van der Waals surface area contributed by atoms with E-state index >= 15 is 0 Å². The Morgan fingerprint density at radius 3 is 2.22 bits per heavy atom. The van der Waals surface area contributed by atoms with Gasteiger partial charge in [0.2, 0.25) is 0 Å². The Morgan fingerprint density at radius 1 is 1.11 bits per heavy atom. The molecule has 0 fully saturated rings. The second-order valence-corrected chi connectivity index (χ2v) is 19.1. The third kappa shape index (κ3) is 1.68. The molecule has 9 heavy (non-hydrogen) atoms. The minimum absolute atomic E-state index is 0.841. The molecule has 0 nitrogen and oxygen atoms in total. The predicted octanol–water partition coefficient (Wildman–Crippen LogP) is -2.45. The van der Waals surface area contributed by atoms with Gasteiger partial charge in [-0.1, -0.05) is 0 Å². The molecule has 0 N–H and O–H groups in total. The van der Waals surface area contributed by atoms with Gasteiger partial charge in [0.25, 0.3) is 0 Å². The summed E-state index contributed by atoms with van der Waals surface area (Å²) in [5.74, 6) is 0. The standard InChI is InChI=1S/C4H2Se5/c5-4-8-2-3(9-4)7-1-6-2/h1H2. The van der Waals surface area contributed by atoms with Crippen molar-refractivity contribution in [1.29, 1.82) is 0 Å². The first-order valence-electron chi connectivity index (χ1n) is 2.26. The third-order valence-electron chi connectivity index (χ3n) is 0.899. The normalized spacial score (nSPS) is 16.0. The van der Waals surface area contributed by atoms with E-state index in [0.717, 1.165) is 58.9 Å². The molecule has 2 heterocycles. The van der Waals surface area contributed by atoms with Crippen LogP contribution in [0.2, 0.25) is 4.22 Å². The summed E-state index contributed by atoms with van der Waals surface area (Å²) in [6.45, 7) is 0. The van der Waals surface area contributed by atoms with E-state index in [0.29, 0.717) is 0 Å². The van der Waals surface area contributed by atoms with E-state index in [1.165, 1.54) is 0 Å². The Kier molecular flexibility index (Phi) is 2.87. The fourth-order valence-corrected chi connectivity index (χ4v) is 28.5. The van der Waals surface area contributed by atoms with Gasteiger partial charge >= 0.3 is 87.2 Å². The first-order chi connectivity index (χ1) is 4.36. The third-order valence-corrected chi connectivity index (χ3v) is 18.9. The Labute approximate surface area is 86.0 Å². The summed E-state index contributed by atoms with van der Waals surface area (Å²) in [5, 5.41) is 0. The van der Waals surface area contributed by atoms with Crippen molar-refractivity contribution in [2.75, 3.05) is 0 Å². The average Bonchev–Trinajstić information content (AvgIpc) is 2.22. The second kappa shape index (κ2) is 3.29. The van der Waals surface area contributed by atoms with Crippen molar-refractivity contribution < 1.29 is 0 Å². The van der Waals surface area contributed by atoms with Gasteiger partial charge in [0.15, 0.2) is 0 Å². The summed E-state index contributed by atoms with van der Waals surface area (Å²) in [6.07, 6.45) is 0. The zero-order chi connectivity index (χ0) is 6.27. The van der Waals surface area contributed by atoms with Gasteiger partial charge in [-0.3, -0.25) is 0 Å². The van der Waals surface area contributed by atoms with E-state index in [1.807, 2.05) is 6.67 Å². The van der Waals surface area contributed by atoms with Crippen LogP contribution in [0.5, 0.6) is 0 Å². The van der Waals surface area contributed by atoms with Crippen molar-refractivity contribution in [3.05, 3.63) is 1.81 Å². The Morgan fingerprint density at radius 2 is 1.67 bits per heavy atom. The van der Waals surface area contributed by atoms with Gasteiger partial charge < -0.3 is 0 Å². The molecule has 1 aliphatic rings. The van der Waals surface area contributed by atoms with E-state index < -0.39 is 0 Å². The molecule has 48 valence electrons. The Balaban J connectivity index is 2.64. The summed E-state index contributed by atoms with van der Waals surface area (Å²) >= 11 is 6.82. The van der Waals surface area contributed by atoms with Crippen molar-refractivity contribution >= 4 is 81.2 Å². The quantitative estimate of drug-likeness (QED) is 0.390. The maximum absolute atomic E-state index is 3.22. The number of hydrogen-bond donors (Lipinski definition) is 0. The predicted molar refractivity (Wildman–Crippen MR) is 44.9 cm³/mol. The molecular weight excluding hydrogens is 443 g/mol. The second-order valence-electron chi connectivity index (χ2n) is 1.44. The monoisotopic (exact) mass is 450 g/mol. The van der Waals surface area contributed by atoms with Gasteiger partial charge in [0.1, 0.15) is 0 Å². The van der Waals surface area contributed by atoms with Gasteiger partial charge in [-0.2, -0.15) is 0 Å². The van der Waals surface area contributed by atoms with Crippen LogP contribution in [0.1, 0.15) is 0 Å². The van der Waals surface area contributed by atoms with Crippen molar-refractivity contribution in [3.8, 4) is 0 Å². The van der Waals surface area contributed by atoms with Crippen LogP contribution < -0.4 is 6.67 Å². The van der Waals surface area contributed by atoms with Crippen LogP contribution >= 0.6 is 0 Å². The molecule has 1 aromatic rings. The molecule has 1 aromatic heterocycles. The summed E-state index contributed by atoms with van der Waals surface area (Å²) in [4.78, 5) is 0. The molecule has 0 radical (unpaired) electrons. The van der Waals surface area contributed by atoms with Crippen LogP contribution in [0.25, 0.3) is 0 Å². The molecular formula is C4H2Se5. The van der Waals surface area contributed by atoms with Gasteiger partial charge in [0.05, 0.1) is 0 Å². The summed E-state index contributed by atoms with van der Waals surface area (Å²) in [7, 11) is 0. The van der Waals surface area contributed by atoms with Gasteiger partial charge in [-0.05, 0) is 0 Å². The Hall–Kier alpha value is 2.21. The Bertz CT molecular complexity index is 244. The van der Waals surface area contributed by atoms with E-state index in [-0.39, 0.29) is 0 Å². The van der Waals surface area contributed by atoms with E-state index in [4.69, 9.17) is 0 Å². The molecule has 0 aromatic carbocycles.